The van der Waals surface area contributed by atoms with Crippen LogP contribution in [-0.2, 0) is 19.1 Å². The van der Waals surface area contributed by atoms with Gasteiger partial charge in [-0.3, -0.25) is 9.59 Å². The summed E-state index contributed by atoms with van der Waals surface area (Å²) in [6.45, 7) is 14.6. The minimum atomic E-state index is -0.0385. The van der Waals surface area contributed by atoms with Gasteiger partial charge in [0.05, 0.1) is 13.2 Å². The Kier molecular flexibility index (Phi) is 39.3. The number of carbonyl (C=O) groups excluding carboxylic acids is 3. The molecule has 1 aliphatic heterocycles. The Labute approximate surface area is 416 Å². The molecular formula is C59H113N3O5. The first-order valence-corrected chi connectivity index (χ1v) is 29.9. The van der Waals surface area contributed by atoms with Crippen LogP contribution >= 0.6 is 0 Å². The summed E-state index contributed by atoms with van der Waals surface area (Å²) in [5.41, 5.74) is 0. The molecule has 0 radical (unpaired) electrons. The Hall–Kier alpha value is -1.83. The number of hydrogen-bond donors (Lipinski definition) is 0. The summed E-state index contributed by atoms with van der Waals surface area (Å²) >= 11 is 0. The van der Waals surface area contributed by atoms with Gasteiger partial charge in [0.15, 0.2) is 0 Å². The Bertz CT molecular complexity index is 1130. The number of hydrogen-bond acceptors (Lipinski definition) is 6. The number of carbonyl (C=O) groups is 3. The van der Waals surface area contributed by atoms with Crippen LogP contribution in [-0.4, -0.2) is 91.7 Å². The van der Waals surface area contributed by atoms with Crippen LogP contribution in [0.2, 0.25) is 0 Å². The lowest BCUT2D eigenvalue weighted by Gasteiger charge is -2.44. The second kappa shape index (κ2) is 43.0. The fourth-order valence-corrected chi connectivity index (χ4v) is 10.7. The van der Waals surface area contributed by atoms with Gasteiger partial charge in [0.25, 0.3) is 0 Å². The van der Waals surface area contributed by atoms with E-state index in [1.807, 2.05) is 0 Å². The third-order valence-corrected chi connectivity index (χ3v) is 15.4. The fourth-order valence-electron chi connectivity index (χ4n) is 10.7. The summed E-state index contributed by atoms with van der Waals surface area (Å²) in [5.74, 6) is 1.23. The molecule has 67 heavy (non-hydrogen) atoms. The summed E-state index contributed by atoms with van der Waals surface area (Å²) in [6.07, 6.45) is 47.8. The third kappa shape index (κ3) is 32.6. The molecule has 0 N–H and O–H groups in total. The van der Waals surface area contributed by atoms with Crippen molar-refractivity contribution in [3.63, 3.8) is 0 Å². The van der Waals surface area contributed by atoms with Gasteiger partial charge in [0.1, 0.15) is 0 Å². The van der Waals surface area contributed by atoms with Crippen LogP contribution in [0, 0.1) is 17.8 Å². The minimum absolute atomic E-state index is 0.0198. The standard InChI is InChI=1S/C59H113N3O5/c1-6-10-14-18-22-27-33-38-53(39-34-28-23-19-15-11-7-2)51-66-57(63)42-35-29-24-30-36-45-62(59(65)61-44-37-43-60(5)46-47-61)56-48-55(49-56)50-58(64)67-52-54(40-31-25-20-16-12-8-3)41-32-26-21-17-13-9-4/h53-56H,6-52H2,1-5H3. The van der Waals surface area contributed by atoms with Gasteiger partial charge < -0.3 is 24.2 Å². The van der Waals surface area contributed by atoms with E-state index in [0.29, 0.717) is 43.8 Å². The average Bonchev–Trinajstić information content (AvgIpc) is 3.54. The highest BCUT2D eigenvalue weighted by atomic mass is 16.5. The van der Waals surface area contributed by atoms with Gasteiger partial charge in [0.2, 0.25) is 0 Å². The van der Waals surface area contributed by atoms with Crippen LogP contribution in [0.15, 0.2) is 0 Å². The highest BCUT2D eigenvalue weighted by Gasteiger charge is 2.38. The summed E-state index contributed by atoms with van der Waals surface area (Å²) in [4.78, 5) is 46.7. The molecule has 1 aliphatic carbocycles. The maximum atomic E-state index is 14.1. The number of urea groups is 1. The van der Waals surface area contributed by atoms with Crippen molar-refractivity contribution in [2.24, 2.45) is 17.8 Å². The number of esters is 2. The second-order valence-electron chi connectivity index (χ2n) is 21.9. The zero-order valence-corrected chi connectivity index (χ0v) is 45.4. The van der Waals surface area contributed by atoms with Gasteiger partial charge in [-0.25, -0.2) is 4.79 Å². The normalized spacial score (nSPS) is 16.7. The fraction of sp³-hybridized carbons (Fsp3) is 0.949. The molecule has 394 valence electrons. The number of unbranched alkanes of at least 4 members (excludes halogenated alkanes) is 26. The maximum absolute atomic E-state index is 14.1. The predicted octanol–water partition coefficient (Wildman–Crippen LogP) is 16.7. The average molecular weight is 945 g/mol. The number of likely N-dealkylation sites (N-methyl/N-ethyl adjacent to an activating group) is 1. The molecular weight excluding hydrogens is 831 g/mol. The van der Waals surface area contributed by atoms with Crippen LogP contribution in [0.1, 0.15) is 285 Å². The quantitative estimate of drug-likeness (QED) is 0.0447. The molecule has 8 nitrogen and oxygen atoms in total. The van der Waals surface area contributed by atoms with E-state index in [-0.39, 0.29) is 24.0 Å². The van der Waals surface area contributed by atoms with Crippen molar-refractivity contribution in [1.82, 2.24) is 14.7 Å². The first kappa shape index (κ1) is 61.3. The zero-order chi connectivity index (χ0) is 48.4. The molecule has 1 heterocycles. The van der Waals surface area contributed by atoms with Crippen molar-refractivity contribution < 1.29 is 23.9 Å². The number of nitrogens with zero attached hydrogens (tertiary/aromatic N) is 3. The van der Waals surface area contributed by atoms with Crippen LogP contribution in [0.4, 0.5) is 4.79 Å². The Morgan fingerprint density at radius 2 is 0.881 bits per heavy atom. The lowest BCUT2D eigenvalue weighted by Crippen LogP contribution is -2.54. The van der Waals surface area contributed by atoms with Crippen LogP contribution < -0.4 is 0 Å². The molecule has 2 fully saturated rings. The van der Waals surface area contributed by atoms with E-state index in [1.54, 1.807) is 0 Å². The van der Waals surface area contributed by atoms with Crippen molar-refractivity contribution in [3.05, 3.63) is 0 Å². The maximum Gasteiger partial charge on any atom is 0.320 e. The molecule has 1 saturated heterocycles. The van der Waals surface area contributed by atoms with Gasteiger partial charge in [-0.15, -0.1) is 0 Å². The molecule has 2 amide bonds. The molecule has 8 heteroatoms. The van der Waals surface area contributed by atoms with Crippen LogP contribution in [0.5, 0.6) is 0 Å². The largest absolute Gasteiger partial charge is 0.465 e. The van der Waals surface area contributed by atoms with Crippen LogP contribution in [0.3, 0.4) is 0 Å². The summed E-state index contributed by atoms with van der Waals surface area (Å²) in [6, 6.07) is 0.392. The van der Waals surface area contributed by atoms with Gasteiger partial charge >= 0.3 is 18.0 Å². The first-order chi connectivity index (χ1) is 32.8. The molecule has 0 aromatic carbocycles. The molecule has 0 atom stereocenters. The molecule has 0 aromatic rings. The summed E-state index contributed by atoms with van der Waals surface area (Å²) < 4.78 is 11.9. The highest BCUT2D eigenvalue weighted by molar-refractivity contribution is 5.75. The van der Waals surface area contributed by atoms with Gasteiger partial charge in [-0.1, -0.05) is 214 Å². The van der Waals surface area contributed by atoms with E-state index < -0.39 is 0 Å². The molecule has 0 unspecified atom stereocenters. The monoisotopic (exact) mass is 944 g/mol. The molecule has 0 aromatic heterocycles. The van der Waals surface area contributed by atoms with Crippen molar-refractivity contribution in [1.29, 1.82) is 0 Å². The van der Waals surface area contributed by atoms with E-state index in [1.165, 1.54) is 193 Å². The molecule has 0 bridgehead atoms. The summed E-state index contributed by atoms with van der Waals surface area (Å²) in [7, 11) is 2.15. The van der Waals surface area contributed by atoms with E-state index >= 15 is 0 Å². The van der Waals surface area contributed by atoms with Gasteiger partial charge in [-0.05, 0) is 89.1 Å². The first-order valence-electron chi connectivity index (χ1n) is 29.9. The van der Waals surface area contributed by atoms with E-state index in [2.05, 4.69) is 49.4 Å². The van der Waals surface area contributed by atoms with E-state index in [0.717, 1.165) is 84.1 Å². The highest BCUT2D eigenvalue weighted by Crippen LogP contribution is 2.36. The van der Waals surface area contributed by atoms with E-state index in [4.69, 9.17) is 9.47 Å². The van der Waals surface area contributed by atoms with Gasteiger partial charge in [0, 0.05) is 45.1 Å². The smallest absolute Gasteiger partial charge is 0.320 e. The Balaban J connectivity index is 1.78. The third-order valence-electron chi connectivity index (χ3n) is 15.4. The lowest BCUT2D eigenvalue weighted by molar-refractivity contribution is -0.147. The second-order valence-corrected chi connectivity index (χ2v) is 21.9. The van der Waals surface area contributed by atoms with Crippen LogP contribution in [0.25, 0.3) is 0 Å². The van der Waals surface area contributed by atoms with Crippen molar-refractivity contribution in [2.75, 3.05) is 53.0 Å². The minimum Gasteiger partial charge on any atom is -0.465 e. The number of ether oxygens (including phenoxy) is 2. The van der Waals surface area contributed by atoms with E-state index in [9.17, 15) is 14.4 Å². The topological polar surface area (TPSA) is 79.4 Å². The summed E-state index contributed by atoms with van der Waals surface area (Å²) in [5, 5.41) is 0. The zero-order valence-electron chi connectivity index (χ0n) is 45.4. The molecule has 1 saturated carbocycles. The molecule has 0 spiro atoms. The SMILES string of the molecule is CCCCCCCCCC(CCCCCCCCC)COC(=O)CCCCCCCN(C(=O)N1CCCN(C)CC1)C1CC(CC(=O)OCC(CCCCCCCC)CCCCCCCC)C1. The number of rotatable bonds is 45. The Morgan fingerprint density at radius 3 is 1.34 bits per heavy atom. The molecule has 2 rings (SSSR count). The van der Waals surface area contributed by atoms with Crippen molar-refractivity contribution in [2.45, 2.75) is 291 Å². The molecule has 2 aliphatic rings. The van der Waals surface area contributed by atoms with Crippen molar-refractivity contribution >= 4 is 18.0 Å². The predicted molar refractivity (Wildman–Crippen MR) is 285 cm³/mol. The Morgan fingerprint density at radius 1 is 0.478 bits per heavy atom. The lowest BCUT2D eigenvalue weighted by atomic mass is 9.77. The van der Waals surface area contributed by atoms with Gasteiger partial charge in [-0.2, -0.15) is 0 Å². The van der Waals surface area contributed by atoms with Crippen molar-refractivity contribution in [3.8, 4) is 0 Å². The number of amides is 2.